The van der Waals surface area contributed by atoms with Gasteiger partial charge in [-0.15, -0.1) is 0 Å². The first-order chi connectivity index (χ1) is 15.3. The van der Waals surface area contributed by atoms with Crippen LogP contribution in [0.3, 0.4) is 0 Å². The first-order valence-electron chi connectivity index (χ1n) is 12.1. The summed E-state index contributed by atoms with van der Waals surface area (Å²) in [5.41, 5.74) is 5.75. The molecule has 0 amide bonds. The molecule has 32 heavy (non-hydrogen) atoms. The van der Waals surface area contributed by atoms with Gasteiger partial charge in [0, 0.05) is 39.3 Å². The molecule has 0 atom stereocenters. The first kappa shape index (κ1) is 26.1. The number of carboxylic acid groups (broad SMARTS) is 1. The van der Waals surface area contributed by atoms with Crippen LogP contribution in [0.5, 0.6) is 0 Å². The smallest absolute Gasteiger partial charge is 0.335 e. The fourth-order valence-corrected chi connectivity index (χ4v) is 4.04. The van der Waals surface area contributed by atoms with E-state index in [1.165, 1.54) is 23.1 Å². The summed E-state index contributed by atoms with van der Waals surface area (Å²) in [5, 5.41) is 9.34. The molecule has 1 aromatic rings. The van der Waals surface area contributed by atoms with Crippen molar-refractivity contribution in [3.05, 3.63) is 70.3 Å². The van der Waals surface area contributed by atoms with Gasteiger partial charge in [-0.05, 0) is 71.4 Å². The zero-order valence-corrected chi connectivity index (χ0v) is 20.6. The van der Waals surface area contributed by atoms with E-state index in [9.17, 15) is 9.90 Å². The lowest BCUT2D eigenvalue weighted by Gasteiger charge is -2.34. The molecule has 1 heterocycles. The van der Waals surface area contributed by atoms with Gasteiger partial charge in [-0.1, -0.05) is 53.1 Å². The second-order valence-corrected chi connectivity index (χ2v) is 9.31. The summed E-state index contributed by atoms with van der Waals surface area (Å²) in [6, 6.07) is 7.36. The number of hydrogen-bond acceptors (Lipinski definition) is 3. The van der Waals surface area contributed by atoms with Crippen molar-refractivity contribution in [3.8, 4) is 0 Å². The van der Waals surface area contributed by atoms with Crippen molar-refractivity contribution >= 4 is 5.97 Å². The monoisotopic (exact) mass is 438 g/mol. The summed E-state index contributed by atoms with van der Waals surface area (Å²) in [4.78, 5) is 16.3. The molecule has 4 heteroatoms. The van der Waals surface area contributed by atoms with Gasteiger partial charge in [0.15, 0.2) is 0 Å². The fraction of sp³-hybridized carbons (Fsp3) is 0.536. The molecule has 4 nitrogen and oxygen atoms in total. The van der Waals surface area contributed by atoms with Gasteiger partial charge >= 0.3 is 5.97 Å². The Morgan fingerprint density at radius 2 is 1.47 bits per heavy atom. The van der Waals surface area contributed by atoms with Gasteiger partial charge in [-0.2, -0.15) is 0 Å². The van der Waals surface area contributed by atoms with Crippen LogP contribution in [0.15, 0.2) is 59.2 Å². The van der Waals surface area contributed by atoms with Gasteiger partial charge in [-0.3, -0.25) is 4.90 Å². The average Bonchev–Trinajstić information content (AvgIpc) is 2.77. The first-order valence-corrected chi connectivity index (χ1v) is 12.1. The van der Waals surface area contributed by atoms with E-state index < -0.39 is 5.97 Å². The number of benzene rings is 1. The Labute approximate surface area is 195 Å². The van der Waals surface area contributed by atoms with E-state index >= 15 is 0 Å². The predicted molar refractivity (Wildman–Crippen MR) is 135 cm³/mol. The van der Waals surface area contributed by atoms with Crippen molar-refractivity contribution in [2.75, 3.05) is 39.3 Å². The Kier molecular flexibility index (Phi) is 11.5. The topological polar surface area (TPSA) is 43.8 Å². The van der Waals surface area contributed by atoms with Gasteiger partial charge in [0.05, 0.1) is 5.56 Å². The Morgan fingerprint density at radius 1 is 0.875 bits per heavy atom. The number of hydrogen-bond donors (Lipinski definition) is 1. The number of nitrogens with zero attached hydrogens (tertiary/aromatic N) is 2. The summed E-state index contributed by atoms with van der Waals surface area (Å²) in [7, 11) is 0. The molecule has 0 aromatic heterocycles. The summed E-state index contributed by atoms with van der Waals surface area (Å²) >= 11 is 0. The molecule has 0 radical (unpaired) electrons. The Balaban J connectivity index is 1.66. The predicted octanol–water partition coefficient (Wildman–Crippen LogP) is 5.96. The second kappa shape index (κ2) is 14.1. The second-order valence-electron chi connectivity index (χ2n) is 9.31. The lowest BCUT2D eigenvalue weighted by molar-refractivity contribution is 0.0695. The van der Waals surface area contributed by atoms with Crippen LogP contribution < -0.4 is 0 Å². The molecule has 1 fully saturated rings. The molecule has 0 saturated carbocycles. The van der Waals surface area contributed by atoms with Crippen LogP contribution in [0, 0.1) is 0 Å². The van der Waals surface area contributed by atoms with Crippen LogP contribution in [0.2, 0.25) is 0 Å². The zero-order valence-electron chi connectivity index (χ0n) is 20.6. The quantitative estimate of drug-likeness (QED) is 0.409. The third-order valence-electron chi connectivity index (χ3n) is 6.23. The highest BCUT2D eigenvalue weighted by Crippen LogP contribution is 2.13. The van der Waals surface area contributed by atoms with Crippen LogP contribution >= 0.6 is 0 Å². The van der Waals surface area contributed by atoms with Gasteiger partial charge < -0.3 is 10.0 Å². The minimum atomic E-state index is -0.832. The maximum Gasteiger partial charge on any atom is 0.335 e. The van der Waals surface area contributed by atoms with E-state index in [-0.39, 0.29) is 0 Å². The van der Waals surface area contributed by atoms with E-state index in [0.29, 0.717) is 5.56 Å². The third kappa shape index (κ3) is 9.97. The average molecular weight is 439 g/mol. The molecule has 0 unspecified atom stereocenters. The molecule has 0 aliphatic carbocycles. The number of carboxylic acids is 1. The molecule has 1 saturated heterocycles. The van der Waals surface area contributed by atoms with Crippen molar-refractivity contribution in [2.45, 2.75) is 59.8 Å². The SMILES string of the molecule is CC(C)=CCC/C(C)=C/CC/C(C)=C/CN1CCN(CCc2ccccc2C(=O)O)CC1. The van der Waals surface area contributed by atoms with Gasteiger partial charge in [-0.25, -0.2) is 4.79 Å². The molecule has 0 spiro atoms. The Bertz CT molecular complexity index is 810. The maximum atomic E-state index is 11.4. The molecule has 1 aromatic carbocycles. The Hall–Kier alpha value is -2.17. The summed E-state index contributed by atoms with van der Waals surface area (Å²) in [5.74, 6) is -0.832. The van der Waals surface area contributed by atoms with Crippen LogP contribution in [0.1, 0.15) is 69.3 Å². The largest absolute Gasteiger partial charge is 0.478 e. The van der Waals surface area contributed by atoms with Gasteiger partial charge in [0.25, 0.3) is 0 Å². The summed E-state index contributed by atoms with van der Waals surface area (Å²) < 4.78 is 0. The molecule has 2 rings (SSSR count). The molecule has 0 bridgehead atoms. The number of rotatable bonds is 12. The fourth-order valence-electron chi connectivity index (χ4n) is 4.04. The van der Waals surface area contributed by atoms with Crippen molar-refractivity contribution in [2.24, 2.45) is 0 Å². The summed E-state index contributed by atoms with van der Waals surface area (Å²) in [6.07, 6.45) is 12.5. The standard InChI is InChI=1S/C28H42N2O2/c1-23(2)9-7-10-24(3)11-8-12-25(4)15-17-29-19-21-30(22-20-29)18-16-26-13-5-6-14-27(26)28(31)32/h5-6,9,11,13-15H,7-8,10,12,16-22H2,1-4H3,(H,31,32)/b24-11+,25-15+. The highest BCUT2D eigenvalue weighted by molar-refractivity contribution is 5.89. The maximum absolute atomic E-state index is 11.4. The van der Waals surface area contributed by atoms with E-state index in [0.717, 1.165) is 70.5 Å². The van der Waals surface area contributed by atoms with Crippen LogP contribution in [0.25, 0.3) is 0 Å². The normalized spacial score (nSPS) is 16.2. The molecule has 1 aliphatic rings. The van der Waals surface area contributed by atoms with E-state index in [1.807, 2.05) is 12.1 Å². The minimum Gasteiger partial charge on any atom is -0.478 e. The van der Waals surface area contributed by atoms with Crippen molar-refractivity contribution < 1.29 is 9.90 Å². The molecule has 1 aliphatic heterocycles. The molecule has 176 valence electrons. The highest BCUT2D eigenvalue weighted by atomic mass is 16.4. The molecular weight excluding hydrogens is 396 g/mol. The van der Waals surface area contributed by atoms with E-state index in [2.05, 4.69) is 55.7 Å². The lowest BCUT2D eigenvalue weighted by Crippen LogP contribution is -2.46. The van der Waals surface area contributed by atoms with E-state index in [1.54, 1.807) is 12.1 Å². The van der Waals surface area contributed by atoms with Crippen molar-refractivity contribution in [1.82, 2.24) is 9.80 Å². The van der Waals surface area contributed by atoms with Gasteiger partial charge in [0.2, 0.25) is 0 Å². The van der Waals surface area contributed by atoms with Crippen LogP contribution in [-0.4, -0.2) is 60.1 Å². The van der Waals surface area contributed by atoms with Crippen LogP contribution in [-0.2, 0) is 6.42 Å². The minimum absolute atomic E-state index is 0.435. The van der Waals surface area contributed by atoms with Crippen molar-refractivity contribution in [1.29, 1.82) is 0 Å². The van der Waals surface area contributed by atoms with Gasteiger partial charge in [0.1, 0.15) is 0 Å². The third-order valence-corrected chi connectivity index (χ3v) is 6.23. The molecule has 1 N–H and O–H groups in total. The number of aromatic carboxylic acids is 1. The number of piperazine rings is 1. The van der Waals surface area contributed by atoms with E-state index in [4.69, 9.17) is 0 Å². The number of carbonyl (C=O) groups is 1. The number of allylic oxidation sites excluding steroid dienone is 5. The van der Waals surface area contributed by atoms with Crippen LogP contribution in [0.4, 0.5) is 0 Å². The Morgan fingerprint density at radius 3 is 2.12 bits per heavy atom. The summed E-state index contributed by atoms with van der Waals surface area (Å²) in [6.45, 7) is 15.0. The highest BCUT2D eigenvalue weighted by Gasteiger charge is 2.17. The lowest BCUT2D eigenvalue weighted by atomic mass is 10.0. The molecular formula is C28H42N2O2. The van der Waals surface area contributed by atoms with Crippen molar-refractivity contribution in [3.63, 3.8) is 0 Å². The zero-order chi connectivity index (χ0) is 23.3.